The number of piperazine rings is 1. The molecule has 2 amide bonds. The van der Waals surface area contributed by atoms with Crippen molar-refractivity contribution in [2.75, 3.05) is 26.2 Å². The summed E-state index contributed by atoms with van der Waals surface area (Å²) in [6.45, 7) is 3.37. The molecule has 0 unspecified atom stereocenters. The average Bonchev–Trinajstić information content (AvgIpc) is 3.03. The summed E-state index contributed by atoms with van der Waals surface area (Å²) in [5.41, 5.74) is 1.68. The summed E-state index contributed by atoms with van der Waals surface area (Å²) in [7, 11) is 0. The van der Waals surface area contributed by atoms with Crippen LogP contribution in [0.5, 0.6) is 0 Å². The first-order valence-electron chi connectivity index (χ1n) is 8.97. The SMILES string of the molecule is Cc1c(C(=O)N2CCN(C(=O)c3cccc(F)c3)CC2)oc2ccc(Cl)cc12. The molecule has 1 fully saturated rings. The van der Waals surface area contributed by atoms with Gasteiger partial charge < -0.3 is 14.2 Å². The van der Waals surface area contributed by atoms with E-state index in [-0.39, 0.29) is 11.8 Å². The highest BCUT2D eigenvalue weighted by molar-refractivity contribution is 6.31. The Balaban J connectivity index is 1.47. The monoisotopic (exact) mass is 400 g/mol. The standard InChI is InChI=1S/C21H18ClFN2O3/c1-13-17-12-15(22)5-6-18(17)28-19(13)21(27)25-9-7-24(8-10-25)20(26)14-3-2-4-16(23)11-14/h2-6,11-12H,7-10H2,1H3. The van der Waals surface area contributed by atoms with Crippen molar-refractivity contribution in [3.8, 4) is 0 Å². The van der Waals surface area contributed by atoms with Crippen LogP contribution in [-0.2, 0) is 0 Å². The third-order valence-electron chi connectivity index (χ3n) is 5.02. The summed E-state index contributed by atoms with van der Waals surface area (Å²) in [5.74, 6) is -0.592. The minimum absolute atomic E-state index is 0.206. The Morgan fingerprint density at radius 2 is 1.68 bits per heavy atom. The summed E-state index contributed by atoms with van der Waals surface area (Å²) < 4.78 is 19.1. The van der Waals surface area contributed by atoms with Crippen LogP contribution in [-0.4, -0.2) is 47.8 Å². The van der Waals surface area contributed by atoms with Gasteiger partial charge in [-0.1, -0.05) is 17.7 Å². The highest BCUT2D eigenvalue weighted by atomic mass is 35.5. The number of hydrogen-bond acceptors (Lipinski definition) is 3. The van der Waals surface area contributed by atoms with E-state index in [4.69, 9.17) is 16.0 Å². The van der Waals surface area contributed by atoms with Crippen molar-refractivity contribution in [3.63, 3.8) is 0 Å². The Labute approximate surface area is 166 Å². The third kappa shape index (κ3) is 3.36. The van der Waals surface area contributed by atoms with Crippen LogP contribution < -0.4 is 0 Å². The minimum Gasteiger partial charge on any atom is -0.451 e. The van der Waals surface area contributed by atoms with Crippen molar-refractivity contribution >= 4 is 34.4 Å². The van der Waals surface area contributed by atoms with E-state index in [1.165, 1.54) is 18.2 Å². The number of carbonyl (C=O) groups is 2. The molecule has 0 radical (unpaired) electrons. The fourth-order valence-corrected chi connectivity index (χ4v) is 3.63. The van der Waals surface area contributed by atoms with Gasteiger partial charge in [0.15, 0.2) is 5.76 Å². The maximum absolute atomic E-state index is 13.4. The lowest BCUT2D eigenvalue weighted by Crippen LogP contribution is -2.50. The maximum Gasteiger partial charge on any atom is 0.290 e. The Kier molecular flexibility index (Phi) is 4.81. The number of benzene rings is 2. The minimum atomic E-state index is -0.444. The zero-order valence-electron chi connectivity index (χ0n) is 15.2. The van der Waals surface area contributed by atoms with Crippen molar-refractivity contribution in [1.82, 2.24) is 9.80 Å². The van der Waals surface area contributed by atoms with Gasteiger partial charge in [-0.2, -0.15) is 0 Å². The molecule has 1 aliphatic rings. The molecular formula is C21H18ClFN2O3. The van der Waals surface area contributed by atoms with Gasteiger partial charge in [-0.05, 0) is 43.3 Å². The number of fused-ring (bicyclic) bond motifs is 1. The highest BCUT2D eigenvalue weighted by Crippen LogP contribution is 2.29. The van der Waals surface area contributed by atoms with Gasteiger partial charge in [-0.25, -0.2) is 4.39 Å². The smallest absolute Gasteiger partial charge is 0.290 e. The Morgan fingerprint density at radius 3 is 2.36 bits per heavy atom. The molecule has 0 bridgehead atoms. The molecule has 2 heterocycles. The van der Waals surface area contributed by atoms with E-state index >= 15 is 0 Å². The van der Waals surface area contributed by atoms with Gasteiger partial charge in [-0.15, -0.1) is 0 Å². The normalized spacial score (nSPS) is 14.5. The molecule has 0 N–H and O–H groups in total. The number of amides is 2. The third-order valence-corrected chi connectivity index (χ3v) is 5.25. The second kappa shape index (κ2) is 7.28. The summed E-state index contributed by atoms with van der Waals surface area (Å²) >= 11 is 6.04. The Morgan fingerprint density at radius 1 is 1.00 bits per heavy atom. The number of halogens is 2. The molecular weight excluding hydrogens is 383 g/mol. The van der Waals surface area contributed by atoms with Crippen LogP contribution in [0.1, 0.15) is 26.5 Å². The van der Waals surface area contributed by atoms with Crippen molar-refractivity contribution in [2.24, 2.45) is 0 Å². The molecule has 7 heteroatoms. The molecule has 2 aromatic carbocycles. The van der Waals surface area contributed by atoms with Gasteiger partial charge >= 0.3 is 0 Å². The maximum atomic E-state index is 13.4. The van der Waals surface area contributed by atoms with Crippen molar-refractivity contribution < 1.29 is 18.4 Å². The van der Waals surface area contributed by atoms with Crippen LogP contribution in [0, 0.1) is 12.7 Å². The van der Waals surface area contributed by atoms with E-state index in [1.807, 2.05) is 6.92 Å². The molecule has 0 spiro atoms. The largest absolute Gasteiger partial charge is 0.451 e. The lowest BCUT2D eigenvalue weighted by molar-refractivity contribution is 0.0518. The van der Waals surface area contributed by atoms with E-state index < -0.39 is 5.82 Å². The molecule has 0 saturated carbocycles. The molecule has 28 heavy (non-hydrogen) atoms. The van der Waals surface area contributed by atoms with Gasteiger partial charge in [-0.3, -0.25) is 9.59 Å². The first kappa shape index (κ1) is 18.5. The molecule has 1 saturated heterocycles. The first-order valence-corrected chi connectivity index (χ1v) is 9.34. The van der Waals surface area contributed by atoms with E-state index in [9.17, 15) is 14.0 Å². The quantitative estimate of drug-likeness (QED) is 0.650. The van der Waals surface area contributed by atoms with Crippen molar-refractivity contribution in [3.05, 3.63) is 70.2 Å². The number of hydrogen-bond donors (Lipinski definition) is 0. The number of nitrogens with zero attached hydrogens (tertiary/aromatic N) is 2. The van der Waals surface area contributed by atoms with E-state index in [0.29, 0.717) is 48.1 Å². The van der Waals surface area contributed by atoms with Crippen LogP contribution in [0.3, 0.4) is 0 Å². The number of carbonyl (C=O) groups excluding carboxylic acids is 2. The second-order valence-electron chi connectivity index (χ2n) is 6.79. The summed E-state index contributed by atoms with van der Waals surface area (Å²) in [6.07, 6.45) is 0. The van der Waals surface area contributed by atoms with E-state index in [1.54, 1.807) is 34.1 Å². The highest BCUT2D eigenvalue weighted by Gasteiger charge is 2.28. The predicted octanol–water partition coefficient (Wildman–Crippen LogP) is 4.13. The van der Waals surface area contributed by atoms with Crippen molar-refractivity contribution in [2.45, 2.75) is 6.92 Å². The Bertz CT molecular complexity index is 1070. The first-order chi connectivity index (χ1) is 13.4. The zero-order valence-corrected chi connectivity index (χ0v) is 16.0. The van der Waals surface area contributed by atoms with Gasteiger partial charge in [0.2, 0.25) is 0 Å². The topological polar surface area (TPSA) is 53.8 Å². The van der Waals surface area contributed by atoms with Gasteiger partial charge in [0.05, 0.1) is 0 Å². The van der Waals surface area contributed by atoms with Gasteiger partial charge in [0.1, 0.15) is 11.4 Å². The molecule has 1 aromatic heterocycles. The number of rotatable bonds is 2. The predicted molar refractivity (Wildman–Crippen MR) is 104 cm³/mol. The number of aryl methyl sites for hydroxylation is 1. The number of furan rings is 1. The van der Waals surface area contributed by atoms with Crippen LogP contribution in [0.15, 0.2) is 46.9 Å². The van der Waals surface area contributed by atoms with Gasteiger partial charge in [0.25, 0.3) is 11.8 Å². The summed E-state index contributed by atoms with van der Waals surface area (Å²) in [5, 5.41) is 1.40. The van der Waals surface area contributed by atoms with Crippen LogP contribution in [0.2, 0.25) is 5.02 Å². The molecule has 4 rings (SSSR count). The molecule has 5 nitrogen and oxygen atoms in total. The fraction of sp³-hybridized carbons (Fsp3) is 0.238. The Hall–Kier alpha value is -2.86. The molecule has 0 aliphatic carbocycles. The van der Waals surface area contributed by atoms with Crippen LogP contribution in [0.4, 0.5) is 4.39 Å². The molecule has 144 valence electrons. The molecule has 3 aromatic rings. The van der Waals surface area contributed by atoms with Crippen LogP contribution >= 0.6 is 11.6 Å². The summed E-state index contributed by atoms with van der Waals surface area (Å²) in [4.78, 5) is 28.7. The van der Waals surface area contributed by atoms with Gasteiger partial charge in [0, 0.05) is 47.7 Å². The lowest BCUT2D eigenvalue weighted by atomic mass is 10.1. The lowest BCUT2D eigenvalue weighted by Gasteiger charge is -2.34. The van der Waals surface area contributed by atoms with Crippen molar-refractivity contribution in [1.29, 1.82) is 0 Å². The second-order valence-corrected chi connectivity index (χ2v) is 7.23. The zero-order chi connectivity index (χ0) is 19.8. The molecule has 1 aliphatic heterocycles. The van der Waals surface area contributed by atoms with E-state index in [2.05, 4.69) is 0 Å². The molecule has 0 atom stereocenters. The summed E-state index contributed by atoms with van der Waals surface area (Å²) in [6, 6.07) is 10.9. The average molecular weight is 401 g/mol. The van der Waals surface area contributed by atoms with E-state index in [0.717, 1.165) is 10.9 Å². The fourth-order valence-electron chi connectivity index (χ4n) is 3.46. The van der Waals surface area contributed by atoms with Crippen LogP contribution in [0.25, 0.3) is 11.0 Å².